The molecule has 2 unspecified atom stereocenters. The van der Waals surface area contributed by atoms with Crippen LogP contribution in [0.4, 0.5) is 20.4 Å². The Kier molecular flexibility index (Phi) is 18.8. The first kappa shape index (κ1) is 62.5. The van der Waals surface area contributed by atoms with E-state index in [1.165, 1.54) is 12.7 Å². The number of hydrogen-bond donors (Lipinski definition) is 3. The standard InChI is InChI=1S/C38H36FN5O3.C37H34FN5O4/c1-3-31-32(39)34(46-23-26-19-21-30(45-2)22-20-26)37(47-31)44-25-42-33-35(40-24-41-36(33)44)43-38(27-13-7-4-8-14-27,28-15-9-5-10-16-28)29-17-11-6-12-18-29;1-45-29-19-17-25(18-20-29)22-46-33-31(38)30(21-44)47-36(33)43-24-41-32-34(39-23-40-35(32)43)42-37(26-11-5-2-6-12-26,27-13-7-3-8-14-27)28-15-9-4-10-16-28/h4-22,24-25,31-32,34,37H,3,23H2,1-2H3,(H,40,41,43);2-20,23-24,30-31,33,36,44H,21-22H2,1H3,(H,39,40,42)/t31-,32-,34?,37-;30-,31-,33?,36-/m11/s1. The first-order chi connectivity index (χ1) is 46.2. The van der Waals surface area contributed by atoms with E-state index in [0.717, 1.165) is 50.3 Å². The van der Waals surface area contributed by atoms with E-state index in [2.05, 4.69) is 98.4 Å². The Hall–Kier alpha value is -10.3. The predicted octanol–water partition coefficient (Wildman–Crippen LogP) is 13.5. The van der Waals surface area contributed by atoms with Gasteiger partial charge in [0.1, 0.15) is 53.5 Å². The number of aliphatic hydroxyl groups excluding tert-OH is 1. The molecule has 476 valence electrons. The molecular weight excluding hydrogens is 1190 g/mol. The number of imidazole rings is 2. The summed E-state index contributed by atoms with van der Waals surface area (Å²) >= 11 is 0. The number of nitrogens with one attached hydrogen (secondary N) is 2. The Balaban J connectivity index is 0.000000171. The van der Waals surface area contributed by atoms with Crippen molar-refractivity contribution in [2.75, 3.05) is 31.5 Å². The summed E-state index contributed by atoms with van der Waals surface area (Å²) in [5.74, 6) is 2.47. The fourth-order valence-electron chi connectivity index (χ4n) is 12.7. The summed E-state index contributed by atoms with van der Waals surface area (Å²) in [6, 6.07) is 76.2. The molecular formula is C75H70F2N10O7. The molecule has 0 aliphatic carbocycles. The zero-order chi connectivity index (χ0) is 64.4. The van der Waals surface area contributed by atoms with Gasteiger partial charge in [0.15, 0.2) is 58.8 Å². The lowest BCUT2D eigenvalue weighted by Gasteiger charge is -2.37. The van der Waals surface area contributed by atoms with Crippen LogP contribution >= 0.6 is 0 Å². The highest BCUT2D eigenvalue weighted by Gasteiger charge is 2.49. The maximum Gasteiger partial charge on any atom is 0.167 e. The number of ether oxygens (including phenoxy) is 6. The van der Waals surface area contributed by atoms with Crippen LogP contribution in [0.5, 0.6) is 11.5 Å². The SMILES string of the molecule is CC[C@H]1O[C@@H](n2cnc3c(NC(c4ccccc4)(c4ccccc4)c4ccccc4)ncnc32)C(OCc2ccc(OC)cc2)[C@@H]1F.COc1ccc(COC2[C@H](n3cnc4c(NC(c5ccccc5)(c5ccccc5)c5ccccc5)ncnc43)O[C@H](CO)[C@H]2F)cc1. The van der Waals surface area contributed by atoms with Gasteiger partial charge < -0.3 is 44.2 Å². The van der Waals surface area contributed by atoms with E-state index in [4.69, 9.17) is 43.4 Å². The maximum absolute atomic E-state index is 15.8. The lowest BCUT2D eigenvalue weighted by atomic mass is 9.77. The van der Waals surface area contributed by atoms with Crippen molar-refractivity contribution in [1.82, 2.24) is 39.0 Å². The number of aliphatic hydroxyl groups is 1. The van der Waals surface area contributed by atoms with E-state index in [1.54, 1.807) is 36.0 Å². The third kappa shape index (κ3) is 12.3. The molecule has 94 heavy (non-hydrogen) atoms. The molecule has 0 spiro atoms. The fraction of sp³-hybridized carbons (Fsp3) is 0.227. The van der Waals surface area contributed by atoms with E-state index in [9.17, 15) is 5.11 Å². The van der Waals surface area contributed by atoms with Crippen LogP contribution in [0, 0.1) is 0 Å². The number of methoxy groups -OCH3 is 2. The van der Waals surface area contributed by atoms with Crippen LogP contribution in [-0.2, 0) is 43.2 Å². The molecule has 6 heterocycles. The second kappa shape index (κ2) is 28.3. The number of hydrogen-bond acceptors (Lipinski definition) is 15. The number of fused-ring (bicyclic) bond motifs is 2. The molecule has 17 nitrogen and oxygen atoms in total. The molecule has 2 fully saturated rings. The summed E-state index contributed by atoms with van der Waals surface area (Å²) in [5.41, 5.74) is 8.11. The largest absolute Gasteiger partial charge is 0.497 e. The smallest absolute Gasteiger partial charge is 0.167 e. The van der Waals surface area contributed by atoms with Crippen molar-refractivity contribution < 1.29 is 42.3 Å². The van der Waals surface area contributed by atoms with Crippen molar-refractivity contribution in [3.05, 3.63) is 300 Å². The predicted molar refractivity (Wildman–Crippen MR) is 354 cm³/mol. The quantitative estimate of drug-likeness (QED) is 0.0544. The van der Waals surface area contributed by atoms with Crippen molar-refractivity contribution in [3.63, 3.8) is 0 Å². The third-order valence-electron chi connectivity index (χ3n) is 17.4. The van der Waals surface area contributed by atoms with Gasteiger partial charge in [0.25, 0.3) is 0 Å². The number of aromatic nitrogens is 8. The molecule has 4 aromatic heterocycles. The number of benzene rings is 8. The van der Waals surface area contributed by atoms with Gasteiger partial charge in [-0.05, 0) is 75.2 Å². The van der Waals surface area contributed by atoms with Crippen LogP contribution < -0.4 is 20.1 Å². The van der Waals surface area contributed by atoms with E-state index in [1.807, 2.05) is 165 Å². The topological polar surface area (TPSA) is 187 Å². The monoisotopic (exact) mass is 1260 g/mol. The minimum Gasteiger partial charge on any atom is -0.497 e. The molecule has 3 N–H and O–H groups in total. The second-order valence-corrected chi connectivity index (χ2v) is 22.9. The van der Waals surface area contributed by atoms with Gasteiger partial charge >= 0.3 is 0 Å². The van der Waals surface area contributed by atoms with Gasteiger partial charge in [-0.3, -0.25) is 9.13 Å². The number of alkyl halides is 2. The van der Waals surface area contributed by atoms with Gasteiger partial charge in [-0.1, -0.05) is 213 Å². The number of rotatable bonds is 22. The molecule has 19 heteroatoms. The summed E-state index contributed by atoms with van der Waals surface area (Å²) in [7, 11) is 3.22. The minimum absolute atomic E-state index is 0.134. The van der Waals surface area contributed by atoms with Crippen LogP contribution in [-0.4, -0.2) is 102 Å². The Morgan fingerprint density at radius 3 is 1.06 bits per heavy atom. The molecule has 8 atom stereocenters. The molecule has 0 bridgehead atoms. The Morgan fingerprint density at radius 2 is 0.755 bits per heavy atom. The van der Waals surface area contributed by atoms with Crippen LogP contribution in [0.15, 0.2) is 256 Å². The van der Waals surface area contributed by atoms with Gasteiger partial charge in [-0.25, -0.2) is 38.7 Å². The zero-order valence-corrected chi connectivity index (χ0v) is 51.9. The van der Waals surface area contributed by atoms with Crippen LogP contribution in [0.25, 0.3) is 22.3 Å². The number of anilines is 2. The Bertz CT molecular complexity index is 3900. The molecule has 8 aromatic carbocycles. The molecule has 0 amide bonds. The molecule has 0 radical (unpaired) electrons. The van der Waals surface area contributed by atoms with Gasteiger partial charge in [0.05, 0.1) is 52.8 Å². The van der Waals surface area contributed by atoms with Crippen molar-refractivity contribution in [2.45, 2.75) is 86.9 Å². The number of nitrogens with zero attached hydrogens (tertiary/aromatic N) is 8. The van der Waals surface area contributed by atoms with E-state index < -0.39 is 66.9 Å². The summed E-state index contributed by atoms with van der Waals surface area (Å²) in [6.45, 7) is 1.76. The Labute approximate surface area is 543 Å². The van der Waals surface area contributed by atoms with Crippen LogP contribution in [0.2, 0.25) is 0 Å². The minimum atomic E-state index is -1.58. The average Bonchev–Trinajstić information content (AvgIpc) is 0.968. The van der Waals surface area contributed by atoms with Gasteiger partial charge in [-0.2, -0.15) is 0 Å². The summed E-state index contributed by atoms with van der Waals surface area (Å²) < 4.78 is 70.1. The summed E-state index contributed by atoms with van der Waals surface area (Å²) in [4.78, 5) is 28.1. The van der Waals surface area contributed by atoms with Crippen molar-refractivity contribution in [3.8, 4) is 11.5 Å². The second-order valence-electron chi connectivity index (χ2n) is 22.9. The molecule has 12 aromatic rings. The highest BCUT2D eigenvalue weighted by molar-refractivity contribution is 5.85. The highest BCUT2D eigenvalue weighted by atomic mass is 19.1. The Morgan fingerprint density at radius 1 is 0.436 bits per heavy atom. The zero-order valence-electron chi connectivity index (χ0n) is 51.9. The van der Waals surface area contributed by atoms with E-state index >= 15 is 8.78 Å². The average molecular weight is 1260 g/mol. The van der Waals surface area contributed by atoms with Crippen LogP contribution in [0.1, 0.15) is 70.3 Å². The highest BCUT2D eigenvalue weighted by Crippen LogP contribution is 2.45. The first-order valence-corrected chi connectivity index (χ1v) is 31.2. The third-order valence-corrected chi connectivity index (χ3v) is 17.4. The molecule has 2 saturated heterocycles. The lowest BCUT2D eigenvalue weighted by Crippen LogP contribution is -2.38. The molecule has 14 rings (SSSR count). The maximum atomic E-state index is 15.8. The number of halogens is 2. The fourth-order valence-corrected chi connectivity index (χ4v) is 12.7. The summed E-state index contributed by atoms with van der Waals surface area (Å²) in [5, 5.41) is 17.5. The first-order valence-electron chi connectivity index (χ1n) is 31.2. The normalized spacial score (nSPS) is 19.6. The summed E-state index contributed by atoms with van der Waals surface area (Å²) in [6.07, 6.45) is -1.57. The van der Waals surface area contributed by atoms with Gasteiger partial charge in [0.2, 0.25) is 0 Å². The van der Waals surface area contributed by atoms with E-state index in [-0.39, 0.29) is 13.2 Å². The van der Waals surface area contributed by atoms with Gasteiger partial charge in [-0.15, -0.1) is 0 Å². The van der Waals surface area contributed by atoms with Gasteiger partial charge in [0, 0.05) is 0 Å². The van der Waals surface area contributed by atoms with Crippen molar-refractivity contribution in [2.24, 2.45) is 0 Å². The molecule has 0 saturated carbocycles. The van der Waals surface area contributed by atoms with E-state index in [0.29, 0.717) is 46.1 Å². The lowest BCUT2D eigenvalue weighted by molar-refractivity contribution is -0.0741. The van der Waals surface area contributed by atoms with Crippen molar-refractivity contribution in [1.29, 1.82) is 0 Å². The van der Waals surface area contributed by atoms with Crippen molar-refractivity contribution >= 4 is 34.0 Å². The van der Waals surface area contributed by atoms with Crippen LogP contribution in [0.3, 0.4) is 0 Å². The molecule has 2 aliphatic rings. The molecule has 2 aliphatic heterocycles.